The number of para-hydroxylation sites is 2. The molecule has 0 fully saturated rings. The molecule has 0 saturated heterocycles. The van der Waals surface area contributed by atoms with Crippen LogP contribution in [0.4, 0.5) is 0 Å². The minimum Gasteiger partial charge on any atom is -0.772 e. The molecule has 0 saturated carbocycles. The topological polar surface area (TPSA) is 86.7 Å². The molecule has 0 amide bonds. The Morgan fingerprint density at radius 3 is 2.38 bits per heavy atom. The summed E-state index contributed by atoms with van der Waals surface area (Å²) in [6.07, 6.45) is 0.845. The largest absolute Gasteiger partial charge is 0.772 e. The van der Waals surface area contributed by atoms with Gasteiger partial charge in [0.2, 0.25) is 0 Å². The van der Waals surface area contributed by atoms with Crippen LogP contribution >= 0.6 is 0 Å². The molecule has 2 unspecified atom stereocenters. The van der Waals surface area contributed by atoms with E-state index >= 15 is 0 Å². The Bertz CT molecular complexity index is 1120. The van der Waals surface area contributed by atoms with Gasteiger partial charge in [0.15, 0.2) is 0 Å². The lowest BCUT2D eigenvalue weighted by atomic mass is 9.83. The maximum atomic E-state index is 12.1. The van der Waals surface area contributed by atoms with Gasteiger partial charge >= 0.3 is 0 Å². The predicted octanol–water partition coefficient (Wildman–Crippen LogP) is 4.01. The summed E-state index contributed by atoms with van der Waals surface area (Å²) in [5.74, 6) is 0.387. The molecule has 0 radical (unpaired) electrons. The van der Waals surface area contributed by atoms with Gasteiger partial charge in [-0.3, -0.25) is 4.21 Å². The van der Waals surface area contributed by atoms with Gasteiger partial charge in [0, 0.05) is 28.0 Å². The summed E-state index contributed by atoms with van der Waals surface area (Å²) in [5.41, 5.74) is 3.14. The molecule has 4 rings (SSSR count). The molecular formula is C23H17O5S-. The zero-order valence-corrected chi connectivity index (χ0v) is 16.1. The Morgan fingerprint density at radius 2 is 1.69 bits per heavy atom. The van der Waals surface area contributed by atoms with Gasteiger partial charge in [0.05, 0.1) is 5.92 Å². The van der Waals surface area contributed by atoms with Crippen molar-refractivity contribution in [1.29, 1.82) is 0 Å². The van der Waals surface area contributed by atoms with Gasteiger partial charge < -0.3 is 19.2 Å². The van der Waals surface area contributed by atoms with Crippen molar-refractivity contribution in [1.82, 2.24) is 0 Å². The first-order chi connectivity index (χ1) is 14.1. The number of hydrogen-bond acceptors (Lipinski definition) is 5. The lowest BCUT2D eigenvalue weighted by Crippen LogP contribution is -2.16. The molecule has 0 aromatic heterocycles. The molecule has 1 aliphatic heterocycles. The van der Waals surface area contributed by atoms with E-state index < -0.39 is 17.0 Å². The fraction of sp³-hybridized carbons (Fsp3) is 0.0870. The van der Waals surface area contributed by atoms with Gasteiger partial charge in [-0.15, -0.1) is 0 Å². The standard InChI is InChI=1S/C23H18O5S/c24-13-19-17-5-2-4-8-21(17)28-23(22(19)18-6-1-3-7-20(18)25)16-11-9-15(10-12-16)14-29(26)27/h1-13,19,25H,14H2,(H,26,27)/p-1. The summed E-state index contributed by atoms with van der Waals surface area (Å²) in [4.78, 5) is 12.1. The second kappa shape index (κ2) is 8.03. The van der Waals surface area contributed by atoms with Crippen molar-refractivity contribution in [3.05, 3.63) is 95.1 Å². The van der Waals surface area contributed by atoms with Crippen LogP contribution in [0.15, 0.2) is 72.8 Å². The average molecular weight is 405 g/mol. The highest BCUT2D eigenvalue weighted by Crippen LogP contribution is 2.47. The van der Waals surface area contributed by atoms with Gasteiger partial charge in [-0.2, -0.15) is 0 Å². The molecule has 3 aromatic carbocycles. The second-order valence-electron chi connectivity index (χ2n) is 6.66. The number of ether oxygens (including phenoxy) is 1. The first kappa shape index (κ1) is 19.1. The van der Waals surface area contributed by atoms with Crippen molar-refractivity contribution in [3.63, 3.8) is 0 Å². The number of aldehydes is 1. The van der Waals surface area contributed by atoms with E-state index in [2.05, 4.69) is 0 Å². The number of allylic oxidation sites excluding steroid dienone is 1. The minimum atomic E-state index is -2.18. The van der Waals surface area contributed by atoms with Crippen molar-refractivity contribution < 1.29 is 23.4 Å². The number of hydrogen-bond donors (Lipinski definition) is 1. The van der Waals surface area contributed by atoms with Crippen LogP contribution in [0.25, 0.3) is 11.3 Å². The Labute approximate surface area is 170 Å². The molecule has 0 spiro atoms. The normalized spacial score (nSPS) is 16.7. The summed E-state index contributed by atoms with van der Waals surface area (Å²) in [6, 6.07) is 21.0. The summed E-state index contributed by atoms with van der Waals surface area (Å²) in [6.45, 7) is 0. The van der Waals surface area contributed by atoms with Crippen LogP contribution in [0.1, 0.15) is 28.2 Å². The summed E-state index contributed by atoms with van der Waals surface area (Å²) < 4.78 is 28.1. The summed E-state index contributed by atoms with van der Waals surface area (Å²) in [5, 5.41) is 10.5. The Morgan fingerprint density at radius 1 is 1.00 bits per heavy atom. The Hall–Kier alpha value is -3.22. The highest BCUT2D eigenvalue weighted by Gasteiger charge is 2.32. The third kappa shape index (κ3) is 3.72. The number of carbonyl (C=O) groups excluding carboxylic acids is 1. The molecule has 5 nitrogen and oxygen atoms in total. The molecule has 29 heavy (non-hydrogen) atoms. The zero-order chi connectivity index (χ0) is 20.4. The monoisotopic (exact) mass is 405 g/mol. The van der Waals surface area contributed by atoms with E-state index in [0.29, 0.717) is 33.8 Å². The lowest BCUT2D eigenvalue weighted by Gasteiger charge is -2.28. The number of phenolic OH excluding ortho intramolecular Hbond substituents is 1. The molecule has 1 N–H and O–H groups in total. The summed E-state index contributed by atoms with van der Waals surface area (Å²) in [7, 11) is 0. The third-order valence-electron chi connectivity index (χ3n) is 4.85. The van der Waals surface area contributed by atoms with Crippen LogP contribution in [0.5, 0.6) is 11.5 Å². The first-order valence-electron chi connectivity index (χ1n) is 8.98. The molecule has 0 bridgehead atoms. The quantitative estimate of drug-likeness (QED) is 0.512. The Kier molecular flexibility index (Phi) is 5.29. The molecule has 1 heterocycles. The molecule has 2 atom stereocenters. The molecule has 0 aliphatic carbocycles. The van der Waals surface area contributed by atoms with Crippen molar-refractivity contribution in [2.75, 3.05) is 0 Å². The Balaban J connectivity index is 1.91. The zero-order valence-electron chi connectivity index (χ0n) is 15.3. The maximum absolute atomic E-state index is 12.1. The van der Waals surface area contributed by atoms with Gasteiger partial charge in [0.25, 0.3) is 0 Å². The van der Waals surface area contributed by atoms with E-state index in [1.54, 1.807) is 54.6 Å². The van der Waals surface area contributed by atoms with Crippen molar-refractivity contribution in [3.8, 4) is 11.5 Å². The van der Waals surface area contributed by atoms with E-state index in [9.17, 15) is 18.7 Å². The van der Waals surface area contributed by atoms with Crippen LogP contribution in [0, 0.1) is 0 Å². The summed E-state index contributed by atoms with van der Waals surface area (Å²) >= 11 is -2.18. The number of rotatable bonds is 5. The number of aromatic hydroxyl groups is 1. The molecule has 3 aromatic rings. The smallest absolute Gasteiger partial charge is 0.139 e. The maximum Gasteiger partial charge on any atom is 0.139 e. The lowest BCUT2D eigenvalue weighted by molar-refractivity contribution is -0.108. The van der Waals surface area contributed by atoms with Crippen LogP contribution in [-0.4, -0.2) is 20.2 Å². The van der Waals surface area contributed by atoms with Gasteiger partial charge in [0.1, 0.15) is 23.5 Å². The number of benzene rings is 3. The van der Waals surface area contributed by atoms with Crippen molar-refractivity contribution in [2.24, 2.45) is 0 Å². The van der Waals surface area contributed by atoms with E-state index in [-0.39, 0.29) is 11.5 Å². The third-order valence-corrected chi connectivity index (χ3v) is 5.42. The van der Waals surface area contributed by atoms with Crippen molar-refractivity contribution in [2.45, 2.75) is 11.7 Å². The molecule has 146 valence electrons. The fourth-order valence-electron chi connectivity index (χ4n) is 3.53. The van der Waals surface area contributed by atoms with Crippen LogP contribution in [0.2, 0.25) is 0 Å². The molecule has 1 aliphatic rings. The molecular weight excluding hydrogens is 388 g/mol. The van der Waals surface area contributed by atoms with E-state index in [4.69, 9.17) is 4.74 Å². The van der Waals surface area contributed by atoms with E-state index in [0.717, 1.165) is 11.8 Å². The average Bonchev–Trinajstić information content (AvgIpc) is 2.73. The minimum absolute atomic E-state index is 0.0493. The first-order valence-corrected chi connectivity index (χ1v) is 10.2. The second-order valence-corrected chi connectivity index (χ2v) is 7.55. The number of fused-ring (bicyclic) bond motifs is 1. The van der Waals surface area contributed by atoms with Crippen LogP contribution in [0.3, 0.4) is 0 Å². The highest BCUT2D eigenvalue weighted by molar-refractivity contribution is 7.78. The number of carbonyl (C=O) groups is 1. The van der Waals surface area contributed by atoms with Crippen LogP contribution < -0.4 is 4.74 Å². The molecule has 6 heteroatoms. The fourth-order valence-corrected chi connectivity index (χ4v) is 3.99. The number of phenols is 1. The SMILES string of the molecule is O=CC1C(c2ccccc2O)=C(c2ccc(CS(=O)[O-])cc2)Oc2ccccc21. The van der Waals surface area contributed by atoms with Crippen LogP contribution in [-0.2, 0) is 21.6 Å². The van der Waals surface area contributed by atoms with Gasteiger partial charge in [-0.05, 0) is 17.7 Å². The van der Waals surface area contributed by atoms with Gasteiger partial charge in [-0.25, -0.2) is 0 Å². The van der Waals surface area contributed by atoms with E-state index in [1.165, 1.54) is 0 Å². The van der Waals surface area contributed by atoms with E-state index in [1.807, 2.05) is 18.2 Å². The highest BCUT2D eigenvalue weighted by atomic mass is 32.2. The van der Waals surface area contributed by atoms with Crippen molar-refractivity contribution >= 4 is 28.7 Å². The predicted molar refractivity (Wildman–Crippen MR) is 110 cm³/mol. The van der Waals surface area contributed by atoms with Gasteiger partial charge in [-0.1, -0.05) is 71.7 Å².